The molecule has 0 bridgehead atoms. The number of benzene rings is 2. The molecule has 3 heterocycles. The number of nitrogens with one attached hydrogen (secondary N) is 1. The van der Waals surface area contributed by atoms with Gasteiger partial charge in [-0.05, 0) is 61.0 Å². The zero-order chi connectivity index (χ0) is 23.7. The summed E-state index contributed by atoms with van der Waals surface area (Å²) in [6.07, 6.45) is -1.48. The molecule has 0 aliphatic carbocycles. The second kappa shape index (κ2) is 9.10. The van der Waals surface area contributed by atoms with Gasteiger partial charge in [-0.2, -0.15) is 13.2 Å². The van der Waals surface area contributed by atoms with Gasteiger partial charge in [0.25, 0.3) is 5.91 Å². The van der Waals surface area contributed by atoms with Crippen molar-refractivity contribution in [2.45, 2.75) is 25.4 Å². The van der Waals surface area contributed by atoms with Crippen LogP contribution in [0.5, 0.6) is 0 Å². The Kier molecular flexibility index (Phi) is 6.00. The van der Waals surface area contributed by atoms with Crippen molar-refractivity contribution in [2.24, 2.45) is 0 Å². The van der Waals surface area contributed by atoms with E-state index in [0.29, 0.717) is 27.8 Å². The molecule has 1 aliphatic rings. The fourth-order valence-corrected chi connectivity index (χ4v) is 5.01. The molecule has 4 aromatic rings. The van der Waals surface area contributed by atoms with Crippen molar-refractivity contribution in [3.8, 4) is 10.6 Å². The summed E-state index contributed by atoms with van der Waals surface area (Å²) in [5, 5.41) is 5.37. The Labute approximate surface area is 199 Å². The minimum absolute atomic E-state index is 0.167. The molecule has 1 N–H and O–H groups in total. The average molecular weight is 482 g/mol. The van der Waals surface area contributed by atoms with Crippen LogP contribution in [0.4, 0.5) is 24.5 Å². The number of rotatable bonds is 4. The minimum atomic E-state index is -4.50. The molecule has 0 radical (unpaired) electrons. The zero-order valence-electron chi connectivity index (χ0n) is 18.2. The summed E-state index contributed by atoms with van der Waals surface area (Å²) in [7, 11) is 0. The van der Waals surface area contributed by atoms with Gasteiger partial charge in [-0.25, -0.2) is 4.98 Å². The molecule has 5 rings (SSSR count). The van der Waals surface area contributed by atoms with Gasteiger partial charge < -0.3 is 10.2 Å². The van der Waals surface area contributed by atoms with E-state index in [4.69, 9.17) is 0 Å². The number of amides is 1. The van der Waals surface area contributed by atoms with E-state index in [1.165, 1.54) is 17.4 Å². The molecule has 4 nitrogen and oxygen atoms in total. The van der Waals surface area contributed by atoms with Crippen LogP contribution < -0.4 is 10.2 Å². The Morgan fingerprint density at radius 2 is 1.76 bits per heavy atom. The molecule has 1 saturated heterocycles. The molecule has 1 fully saturated rings. The van der Waals surface area contributed by atoms with Crippen molar-refractivity contribution in [3.05, 3.63) is 77.2 Å². The molecular formula is C26H22F3N3OS. The molecule has 0 atom stereocenters. The van der Waals surface area contributed by atoms with Crippen molar-refractivity contribution in [1.82, 2.24) is 4.98 Å². The van der Waals surface area contributed by atoms with Crippen LogP contribution in [0.3, 0.4) is 0 Å². The first-order valence-electron chi connectivity index (χ1n) is 11.1. The van der Waals surface area contributed by atoms with Gasteiger partial charge in [-0.1, -0.05) is 24.3 Å². The molecule has 1 aliphatic heterocycles. The van der Waals surface area contributed by atoms with Gasteiger partial charge >= 0.3 is 6.18 Å². The highest BCUT2D eigenvalue weighted by Gasteiger charge is 2.32. The maximum absolute atomic E-state index is 13.5. The Morgan fingerprint density at radius 3 is 2.50 bits per heavy atom. The lowest BCUT2D eigenvalue weighted by Gasteiger charge is -2.31. The first-order valence-corrected chi connectivity index (χ1v) is 12.0. The quantitative estimate of drug-likeness (QED) is 0.335. The second-order valence-corrected chi connectivity index (χ2v) is 9.23. The van der Waals surface area contributed by atoms with Crippen LogP contribution in [0, 0.1) is 0 Å². The van der Waals surface area contributed by atoms with Crippen molar-refractivity contribution in [2.75, 3.05) is 23.3 Å². The molecule has 0 spiro atoms. The lowest BCUT2D eigenvalue weighted by Crippen LogP contribution is -2.30. The summed E-state index contributed by atoms with van der Waals surface area (Å²) in [6.45, 7) is 1.49. The fourth-order valence-electron chi connectivity index (χ4n) is 4.33. The number of anilines is 2. The Morgan fingerprint density at radius 1 is 0.971 bits per heavy atom. The number of hydrogen-bond acceptors (Lipinski definition) is 4. The maximum Gasteiger partial charge on any atom is 0.416 e. The van der Waals surface area contributed by atoms with Crippen molar-refractivity contribution < 1.29 is 18.0 Å². The molecule has 2 aromatic heterocycles. The summed E-state index contributed by atoms with van der Waals surface area (Å²) < 4.78 is 40.5. The van der Waals surface area contributed by atoms with Gasteiger partial charge in [0.2, 0.25) is 0 Å². The number of halogens is 3. The first kappa shape index (κ1) is 22.4. The third-order valence-corrected chi connectivity index (χ3v) is 6.90. The van der Waals surface area contributed by atoms with Crippen LogP contribution in [-0.4, -0.2) is 24.0 Å². The smallest absolute Gasteiger partial charge is 0.370 e. The number of thiophene rings is 1. The maximum atomic E-state index is 13.5. The number of carbonyl (C=O) groups excluding carboxylic acids is 1. The lowest BCUT2D eigenvalue weighted by molar-refractivity contribution is -0.137. The molecule has 8 heteroatoms. The number of aromatic nitrogens is 1. The monoisotopic (exact) mass is 481 g/mol. The third kappa shape index (κ3) is 4.50. The predicted molar refractivity (Wildman–Crippen MR) is 131 cm³/mol. The number of para-hydroxylation sites is 1. The first-order chi connectivity index (χ1) is 16.4. The van der Waals surface area contributed by atoms with E-state index in [9.17, 15) is 18.0 Å². The number of piperidine rings is 1. The van der Waals surface area contributed by atoms with Crippen molar-refractivity contribution >= 4 is 39.5 Å². The van der Waals surface area contributed by atoms with Crippen molar-refractivity contribution in [1.29, 1.82) is 0 Å². The van der Waals surface area contributed by atoms with Gasteiger partial charge in [0.15, 0.2) is 0 Å². The van der Waals surface area contributed by atoms with Crippen LogP contribution >= 0.6 is 11.3 Å². The van der Waals surface area contributed by atoms with Gasteiger partial charge in [-0.3, -0.25) is 4.79 Å². The van der Waals surface area contributed by atoms with E-state index >= 15 is 0 Å². The van der Waals surface area contributed by atoms with Crippen LogP contribution in [-0.2, 0) is 6.18 Å². The SMILES string of the molecule is O=C(Nc1cc(C(F)(F)F)ccc1N1CCCCC1)c1cc(-c2cccs2)nc2ccccc12. The standard InChI is InChI=1S/C26H22F3N3OS/c27-26(28,29)17-10-11-23(32-12-4-1-5-13-32)21(15-17)31-25(33)19-16-22(24-9-6-14-34-24)30-20-8-3-2-7-18(19)20/h2-3,6-11,14-16H,1,4-5,12-13H2,(H,31,33). The average Bonchev–Trinajstić information content (AvgIpc) is 3.38. The fraction of sp³-hybridized carbons (Fsp3) is 0.231. The zero-order valence-corrected chi connectivity index (χ0v) is 19.0. The highest BCUT2D eigenvalue weighted by Crippen LogP contribution is 2.37. The van der Waals surface area contributed by atoms with E-state index in [1.54, 1.807) is 12.1 Å². The van der Waals surface area contributed by atoms with Gasteiger partial charge in [0, 0.05) is 18.5 Å². The third-order valence-electron chi connectivity index (χ3n) is 6.00. The molecule has 174 valence electrons. The van der Waals surface area contributed by atoms with Gasteiger partial charge in [0.1, 0.15) is 0 Å². The Bertz CT molecular complexity index is 1330. The van der Waals surface area contributed by atoms with E-state index in [0.717, 1.165) is 49.4 Å². The molecule has 2 aromatic carbocycles. The summed E-state index contributed by atoms with van der Waals surface area (Å²) in [4.78, 5) is 21.1. The number of alkyl halides is 3. The predicted octanol–water partition coefficient (Wildman–Crippen LogP) is 7.22. The highest BCUT2D eigenvalue weighted by molar-refractivity contribution is 7.13. The number of carbonyl (C=O) groups is 1. The van der Waals surface area contributed by atoms with Crippen molar-refractivity contribution in [3.63, 3.8) is 0 Å². The van der Waals surface area contributed by atoms with Gasteiger partial charge in [0.05, 0.1) is 38.6 Å². The Balaban J connectivity index is 1.57. The topological polar surface area (TPSA) is 45.2 Å². The largest absolute Gasteiger partial charge is 0.416 e. The summed E-state index contributed by atoms with van der Waals surface area (Å²) in [5.74, 6) is -0.464. The van der Waals surface area contributed by atoms with Crippen LogP contribution in [0.15, 0.2) is 66.0 Å². The minimum Gasteiger partial charge on any atom is -0.370 e. The molecule has 0 saturated carbocycles. The number of pyridine rings is 1. The van der Waals surface area contributed by atoms with Gasteiger partial charge in [-0.15, -0.1) is 11.3 Å². The van der Waals surface area contributed by atoms with E-state index in [2.05, 4.69) is 10.3 Å². The summed E-state index contributed by atoms with van der Waals surface area (Å²) in [6, 6.07) is 16.4. The summed E-state index contributed by atoms with van der Waals surface area (Å²) >= 11 is 1.51. The molecule has 34 heavy (non-hydrogen) atoms. The number of hydrogen-bond donors (Lipinski definition) is 1. The van der Waals surface area contributed by atoms with Crippen LogP contribution in [0.2, 0.25) is 0 Å². The molecule has 1 amide bonds. The van der Waals surface area contributed by atoms with E-state index in [1.807, 2.05) is 40.6 Å². The molecule has 0 unspecified atom stereocenters. The lowest BCUT2D eigenvalue weighted by atomic mass is 10.0. The second-order valence-electron chi connectivity index (χ2n) is 8.28. The number of nitrogens with zero attached hydrogens (tertiary/aromatic N) is 2. The number of fused-ring (bicyclic) bond motifs is 1. The van der Waals surface area contributed by atoms with E-state index in [-0.39, 0.29) is 5.69 Å². The normalized spacial score (nSPS) is 14.4. The Hall–Kier alpha value is -3.39. The van der Waals surface area contributed by atoms with Crippen LogP contribution in [0.1, 0.15) is 35.2 Å². The van der Waals surface area contributed by atoms with Crippen LogP contribution in [0.25, 0.3) is 21.5 Å². The summed E-state index contributed by atoms with van der Waals surface area (Å²) in [5.41, 5.74) is 1.66. The van der Waals surface area contributed by atoms with E-state index < -0.39 is 17.6 Å². The highest BCUT2D eigenvalue weighted by atomic mass is 32.1. The molecular weight excluding hydrogens is 459 g/mol.